The zero-order chi connectivity index (χ0) is 49.5. The van der Waals surface area contributed by atoms with Crippen LogP contribution in [0.3, 0.4) is 0 Å². The molecular formula is C58H56N10O2. The van der Waals surface area contributed by atoms with E-state index in [1.54, 1.807) is 25.1 Å². The Hall–Kier alpha value is -9.21. The number of hydrogen-bond acceptors (Lipinski definition) is 10. The van der Waals surface area contributed by atoms with Crippen LogP contribution in [0.15, 0.2) is 264 Å². The molecule has 70 heavy (non-hydrogen) atoms. The van der Waals surface area contributed by atoms with Gasteiger partial charge in [0.05, 0.1) is 12.2 Å². The van der Waals surface area contributed by atoms with Crippen LogP contribution in [0.2, 0.25) is 0 Å². The largest absolute Gasteiger partial charge is 0.489 e. The third kappa shape index (κ3) is 13.5. The SMILES string of the molecule is C=C.C=C1/C=C\C(c2ccccn2)=C/C/C(CC)=C(/C=C\CCC2=C=CC3=C(C=C2)OC/C=C\C(C2=C=CC(c4nncn4-c4ccccn4)=CC(CN(/C=N\N)c4ccccn4)=C2)=C/C3=C)O1.C=N. The molecule has 12 heteroatoms. The molecule has 3 N–H and O–H groups in total. The predicted molar refractivity (Wildman–Crippen MR) is 284 cm³/mol. The summed E-state index contributed by atoms with van der Waals surface area (Å²) in [6.45, 7) is 20.1. The van der Waals surface area contributed by atoms with E-state index in [0.29, 0.717) is 42.1 Å². The fourth-order valence-electron chi connectivity index (χ4n) is 7.46. The highest BCUT2D eigenvalue weighted by Crippen LogP contribution is 2.31. The smallest absolute Gasteiger partial charge is 0.170 e. The van der Waals surface area contributed by atoms with Crippen LogP contribution in [0.25, 0.3) is 17.0 Å². The number of pyridine rings is 3. The van der Waals surface area contributed by atoms with Gasteiger partial charge in [0, 0.05) is 35.3 Å². The van der Waals surface area contributed by atoms with Crippen LogP contribution in [0.1, 0.15) is 44.1 Å². The van der Waals surface area contributed by atoms with Crippen LogP contribution < -0.4 is 10.7 Å². The standard InChI is InChI=1S/C55H49N9O2.C2H4.CH3N/c1-4-44-24-25-45(50-16-7-10-30-57-50)23-20-41(3)66-51(44)17-6-5-14-42-21-28-49-40(2)34-46(15-13-33-65-52(49)29-22-42)47-26-27-48(55-62-61-39-64(55)54-19-9-12-32-59-54)36-43(35-47)37-63(38-60-56)53-18-8-11-31-58-53;2*1-2/h6-13,15-20,22-23,25,27-32,34-36,38-39H,2-5,14,24,33,37,56H2,1H3;1-2H2;2H,1H2/b15-13-,17-6-,23-20-,45-25+,46-34+,51-44-,60-38-;;. The first-order valence-corrected chi connectivity index (χ1v) is 22.6. The number of anilines is 1. The fourth-order valence-corrected chi connectivity index (χ4v) is 7.46. The quantitative estimate of drug-likeness (QED) is 0.0333. The van der Waals surface area contributed by atoms with Gasteiger partial charge in [-0.2, -0.15) is 5.10 Å². The number of nitrogens with zero attached hydrogens (tertiary/aromatic N) is 8. The van der Waals surface area contributed by atoms with Gasteiger partial charge in [0.25, 0.3) is 0 Å². The summed E-state index contributed by atoms with van der Waals surface area (Å²) in [6, 6.07) is 17.3. The maximum atomic E-state index is 6.35. The minimum Gasteiger partial charge on any atom is -0.489 e. The molecule has 6 heterocycles. The van der Waals surface area contributed by atoms with Gasteiger partial charge in [0.2, 0.25) is 0 Å². The molecule has 4 aromatic rings. The summed E-state index contributed by atoms with van der Waals surface area (Å²) in [7, 11) is 0. The predicted octanol–water partition coefficient (Wildman–Crippen LogP) is 11.9. The van der Waals surface area contributed by atoms with Gasteiger partial charge in [0.1, 0.15) is 48.2 Å². The van der Waals surface area contributed by atoms with Crippen molar-refractivity contribution in [2.45, 2.75) is 32.6 Å². The van der Waals surface area contributed by atoms with Crippen molar-refractivity contribution >= 4 is 30.0 Å². The molecule has 0 saturated heterocycles. The Labute approximate surface area is 410 Å². The van der Waals surface area contributed by atoms with E-state index in [1.165, 1.54) is 5.57 Å². The third-order valence-corrected chi connectivity index (χ3v) is 10.8. The lowest BCUT2D eigenvalue weighted by Gasteiger charge is -2.19. The molecule has 0 atom stereocenters. The van der Waals surface area contributed by atoms with Crippen molar-refractivity contribution in [3.8, 4) is 5.82 Å². The minimum atomic E-state index is 0.346. The van der Waals surface area contributed by atoms with Crippen LogP contribution in [-0.4, -0.2) is 55.9 Å². The van der Waals surface area contributed by atoms with Crippen molar-refractivity contribution in [1.29, 1.82) is 5.41 Å². The van der Waals surface area contributed by atoms with E-state index in [0.717, 1.165) is 81.7 Å². The van der Waals surface area contributed by atoms with Gasteiger partial charge in [-0.1, -0.05) is 56.5 Å². The molecule has 0 unspecified atom stereocenters. The van der Waals surface area contributed by atoms with Crippen molar-refractivity contribution in [3.05, 3.63) is 270 Å². The van der Waals surface area contributed by atoms with E-state index >= 15 is 0 Å². The molecule has 4 aromatic heterocycles. The molecular weight excluding hydrogens is 869 g/mol. The first kappa shape index (κ1) is 50.2. The van der Waals surface area contributed by atoms with E-state index in [2.05, 4.69) is 124 Å². The second-order valence-corrected chi connectivity index (χ2v) is 15.3. The lowest BCUT2D eigenvalue weighted by atomic mass is 9.97. The van der Waals surface area contributed by atoms with Crippen LogP contribution >= 0.6 is 0 Å². The fraction of sp³-hybridized carbons (Fsp3) is 0.121. The molecule has 0 bridgehead atoms. The molecule has 0 spiro atoms. The Morgan fingerprint density at radius 3 is 2.41 bits per heavy atom. The first-order valence-electron chi connectivity index (χ1n) is 22.6. The topological polar surface area (TPSA) is 153 Å². The maximum absolute atomic E-state index is 6.35. The Kier molecular flexibility index (Phi) is 18.8. The van der Waals surface area contributed by atoms with E-state index in [9.17, 15) is 0 Å². The Morgan fingerprint density at radius 2 is 1.67 bits per heavy atom. The van der Waals surface area contributed by atoms with Gasteiger partial charge < -0.3 is 25.6 Å². The second kappa shape index (κ2) is 26.2. The number of hydrogen-bond donors (Lipinski definition) is 2. The Morgan fingerprint density at radius 1 is 0.871 bits per heavy atom. The lowest BCUT2D eigenvalue weighted by Crippen LogP contribution is -2.25. The van der Waals surface area contributed by atoms with Gasteiger partial charge in [-0.25, -0.2) is 9.97 Å². The molecule has 4 aliphatic rings. The molecule has 0 radical (unpaired) electrons. The van der Waals surface area contributed by atoms with E-state index in [4.69, 9.17) is 20.7 Å². The molecule has 2 aliphatic carbocycles. The monoisotopic (exact) mass is 924 g/mol. The summed E-state index contributed by atoms with van der Waals surface area (Å²) in [6.07, 6.45) is 40.1. The second-order valence-electron chi connectivity index (χ2n) is 15.3. The van der Waals surface area contributed by atoms with Crippen molar-refractivity contribution in [3.63, 3.8) is 0 Å². The zero-order valence-corrected chi connectivity index (χ0v) is 39.4. The lowest BCUT2D eigenvalue weighted by molar-refractivity contribution is 0.259. The van der Waals surface area contributed by atoms with E-state index in [-0.39, 0.29) is 0 Å². The molecule has 350 valence electrons. The Balaban J connectivity index is 0.00000196. The van der Waals surface area contributed by atoms with Gasteiger partial charge in [-0.05, 0) is 169 Å². The average Bonchev–Trinajstić information content (AvgIpc) is 3.75. The summed E-state index contributed by atoms with van der Waals surface area (Å²) in [5.74, 6) is 9.80. The number of aromatic nitrogens is 6. The van der Waals surface area contributed by atoms with Gasteiger partial charge in [-0.3, -0.25) is 9.55 Å². The molecule has 0 amide bonds. The molecule has 12 nitrogen and oxygen atoms in total. The van der Waals surface area contributed by atoms with Crippen LogP contribution in [0, 0.1) is 5.41 Å². The summed E-state index contributed by atoms with van der Waals surface area (Å²) in [5, 5.41) is 18.1. The number of rotatable bonds is 13. The van der Waals surface area contributed by atoms with Crippen LogP contribution in [0.5, 0.6) is 0 Å². The zero-order valence-electron chi connectivity index (χ0n) is 39.4. The molecule has 2 aliphatic heterocycles. The first-order chi connectivity index (χ1) is 34.4. The summed E-state index contributed by atoms with van der Waals surface area (Å²) in [5.41, 5.74) is 16.3. The van der Waals surface area contributed by atoms with E-state index in [1.807, 2.05) is 113 Å². The van der Waals surface area contributed by atoms with Crippen molar-refractivity contribution in [2.24, 2.45) is 10.9 Å². The number of nitrogens with one attached hydrogen (secondary N) is 1. The van der Waals surface area contributed by atoms with Crippen molar-refractivity contribution in [1.82, 2.24) is 29.7 Å². The highest BCUT2D eigenvalue weighted by Gasteiger charge is 2.18. The molecule has 8 rings (SSSR count). The van der Waals surface area contributed by atoms with Crippen LogP contribution in [0.4, 0.5) is 5.82 Å². The maximum Gasteiger partial charge on any atom is 0.170 e. The number of hydrazone groups is 1. The van der Waals surface area contributed by atoms with Crippen LogP contribution in [-0.2, 0) is 9.47 Å². The van der Waals surface area contributed by atoms with Crippen molar-refractivity contribution < 1.29 is 9.47 Å². The summed E-state index contributed by atoms with van der Waals surface area (Å²) >= 11 is 0. The van der Waals surface area contributed by atoms with E-state index < -0.39 is 0 Å². The average molecular weight is 925 g/mol. The summed E-state index contributed by atoms with van der Waals surface area (Å²) in [4.78, 5) is 15.5. The van der Waals surface area contributed by atoms with Gasteiger partial charge in [0.15, 0.2) is 5.82 Å². The number of ether oxygens (including phenoxy) is 2. The normalized spacial score (nSPS) is 19.2. The van der Waals surface area contributed by atoms with Gasteiger partial charge in [-0.15, -0.1) is 34.8 Å². The van der Waals surface area contributed by atoms with Gasteiger partial charge >= 0.3 is 0 Å². The highest BCUT2D eigenvalue weighted by atomic mass is 16.5. The number of nitrogens with two attached hydrogens (primary N) is 1. The molecule has 0 aromatic carbocycles. The third-order valence-electron chi connectivity index (χ3n) is 10.8. The summed E-state index contributed by atoms with van der Waals surface area (Å²) < 4.78 is 14.5. The molecule has 0 fully saturated rings. The highest BCUT2D eigenvalue weighted by molar-refractivity contribution is 5.80. The molecule has 0 saturated carbocycles. The number of allylic oxidation sites excluding steroid dienone is 18. The Bertz CT molecular complexity index is 3010. The van der Waals surface area contributed by atoms with Crippen molar-refractivity contribution in [2.75, 3.05) is 18.1 Å². The minimum absolute atomic E-state index is 0.346.